The highest BCUT2D eigenvalue weighted by Gasteiger charge is 2.19. The van der Waals surface area contributed by atoms with Crippen molar-refractivity contribution in [2.45, 2.75) is 253 Å². The molecule has 0 N–H and O–H groups in total. The molecule has 0 saturated heterocycles. The Labute approximate surface area is 323 Å². The van der Waals surface area contributed by atoms with Gasteiger partial charge in [-0.1, -0.05) is 208 Å². The topological polar surface area (TPSA) is 78.9 Å². The number of hydrogen-bond acceptors (Lipinski definition) is 6. The van der Waals surface area contributed by atoms with Gasteiger partial charge in [-0.2, -0.15) is 0 Å². The minimum atomic E-state index is -0.760. The van der Waals surface area contributed by atoms with Crippen molar-refractivity contribution in [3.05, 3.63) is 0 Å². The van der Waals surface area contributed by atoms with Crippen molar-refractivity contribution >= 4 is 17.9 Å². The zero-order valence-electron chi connectivity index (χ0n) is 35.4. The van der Waals surface area contributed by atoms with Crippen LogP contribution in [0.25, 0.3) is 0 Å². The van der Waals surface area contributed by atoms with Crippen molar-refractivity contribution in [3.8, 4) is 0 Å². The number of ether oxygens (including phenoxy) is 3. The molecule has 6 heteroatoms. The number of rotatable bonds is 40. The molecule has 0 aliphatic rings. The fourth-order valence-corrected chi connectivity index (χ4v) is 6.75. The van der Waals surface area contributed by atoms with Crippen molar-refractivity contribution in [1.29, 1.82) is 0 Å². The molecule has 52 heavy (non-hydrogen) atoms. The van der Waals surface area contributed by atoms with E-state index in [2.05, 4.69) is 34.6 Å². The average molecular weight is 737 g/mol. The third kappa shape index (κ3) is 39.6. The van der Waals surface area contributed by atoms with Crippen LogP contribution in [0.15, 0.2) is 0 Å². The van der Waals surface area contributed by atoms with E-state index in [1.807, 2.05) is 0 Å². The largest absolute Gasteiger partial charge is 0.462 e. The first-order valence-corrected chi connectivity index (χ1v) is 22.7. The van der Waals surface area contributed by atoms with Gasteiger partial charge in [0.25, 0.3) is 0 Å². The number of carbonyl (C=O) groups excluding carboxylic acids is 3. The fraction of sp³-hybridized carbons (Fsp3) is 0.935. The molecule has 0 aromatic rings. The Hall–Kier alpha value is -1.59. The maximum Gasteiger partial charge on any atom is 0.306 e. The van der Waals surface area contributed by atoms with Gasteiger partial charge < -0.3 is 14.2 Å². The lowest BCUT2D eigenvalue weighted by Gasteiger charge is -2.18. The first-order valence-electron chi connectivity index (χ1n) is 22.7. The Kier molecular flexibility index (Phi) is 37.9. The molecular formula is C46H88O6. The summed E-state index contributed by atoms with van der Waals surface area (Å²) in [6.45, 7) is 11.3. The van der Waals surface area contributed by atoms with Crippen LogP contribution in [0.3, 0.4) is 0 Å². The van der Waals surface area contributed by atoms with Crippen LogP contribution >= 0.6 is 0 Å². The summed E-state index contributed by atoms with van der Waals surface area (Å²) in [6.07, 6.45) is 36.6. The molecule has 308 valence electrons. The van der Waals surface area contributed by atoms with E-state index in [-0.39, 0.29) is 31.1 Å². The van der Waals surface area contributed by atoms with E-state index in [1.165, 1.54) is 135 Å². The zero-order valence-corrected chi connectivity index (χ0v) is 35.4. The predicted molar refractivity (Wildman–Crippen MR) is 220 cm³/mol. The van der Waals surface area contributed by atoms with Crippen molar-refractivity contribution in [2.75, 3.05) is 13.2 Å². The van der Waals surface area contributed by atoms with Crippen molar-refractivity contribution in [1.82, 2.24) is 0 Å². The number of esters is 3. The molecule has 0 amide bonds. The average Bonchev–Trinajstić information content (AvgIpc) is 3.11. The van der Waals surface area contributed by atoms with E-state index in [1.54, 1.807) is 0 Å². The molecule has 0 aromatic carbocycles. The Morgan fingerprint density at radius 1 is 0.365 bits per heavy atom. The molecule has 0 rings (SSSR count). The second kappa shape index (κ2) is 39.1. The minimum absolute atomic E-state index is 0.0654. The standard InChI is InChI=1S/C46H88O6/c1-6-7-8-9-10-11-12-15-23-28-33-38-46(49)52-43(40-51-45(48)37-32-27-22-18-17-20-25-30-35-42(4)5)39-50-44(47)36-31-26-21-16-13-14-19-24-29-34-41(2)3/h41-43H,6-40H2,1-5H3/t43-/m0/s1. The molecule has 0 heterocycles. The Bertz CT molecular complexity index is 794. The molecule has 0 fully saturated rings. The third-order valence-corrected chi connectivity index (χ3v) is 10.2. The molecule has 0 bridgehead atoms. The zero-order chi connectivity index (χ0) is 38.3. The maximum absolute atomic E-state index is 12.7. The highest BCUT2D eigenvalue weighted by molar-refractivity contribution is 5.71. The molecule has 6 nitrogen and oxygen atoms in total. The lowest BCUT2D eigenvalue weighted by atomic mass is 10.0. The fourth-order valence-electron chi connectivity index (χ4n) is 6.75. The number of carbonyl (C=O) groups is 3. The summed E-state index contributed by atoms with van der Waals surface area (Å²) in [5.41, 5.74) is 0. The highest BCUT2D eigenvalue weighted by atomic mass is 16.6. The summed E-state index contributed by atoms with van der Waals surface area (Å²) < 4.78 is 16.7. The lowest BCUT2D eigenvalue weighted by molar-refractivity contribution is -0.167. The predicted octanol–water partition coefficient (Wildman–Crippen LogP) is 14.2. The molecule has 1 atom stereocenters. The summed E-state index contributed by atoms with van der Waals surface area (Å²) in [5.74, 6) is 0.745. The van der Waals surface area contributed by atoms with Gasteiger partial charge in [0.1, 0.15) is 13.2 Å². The van der Waals surface area contributed by atoms with E-state index < -0.39 is 6.10 Å². The lowest BCUT2D eigenvalue weighted by Crippen LogP contribution is -2.30. The van der Waals surface area contributed by atoms with Gasteiger partial charge in [-0.15, -0.1) is 0 Å². The van der Waals surface area contributed by atoms with Crippen molar-refractivity contribution in [3.63, 3.8) is 0 Å². The van der Waals surface area contributed by atoms with Gasteiger partial charge >= 0.3 is 17.9 Å². The Morgan fingerprint density at radius 2 is 0.635 bits per heavy atom. The second-order valence-corrected chi connectivity index (χ2v) is 16.6. The molecule has 0 aliphatic heterocycles. The molecule has 0 aromatic heterocycles. The van der Waals surface area contributed by atoms with Crippen LogP contribution in [0.5, 0.6) is 0 Å². The van der Waals surface area contributed by atoms with Crippen LogP contribution in [-0.4, -0.2) is 37.2 Å². The SMILES string of the molecule is CCCCCCCCCCCCCC(=O)O[C@@H](COC(=O)CCCCCCCCCCCC(C)C)COC(=O)CCCCCCCCCCC(C)C. The van der Waals surface area contributed by atoms with E-state index in [9.17, 15) is 14.4 Å². The quantitative estimate of drug-likeness (QED) is 0.0354. The van der Waals surface area contributed by atoms with Crippen molar-refractivity contribution < 1.29 is 28.6 Å². The highest BCUT2D eigenvalue weighted by Crippen LogP contribution is 2.16. The summed E-state index contributed by atoms with van der Waals surface area (Å²) in [7, 11) is 0. The molecular weight excluding hydrogens is 648 g/mol. The Balaban J connectivity index is 4.34. The van der Waals surface area contributed by atoms with Gasteiger partial charge in [-0.25, -0.2) is 0 Å². The molecule has 0 spiro atoms. The van der Waals surface area contributed by atoms with Crippen LogP contribution < -0.4 is 0 Å². The van der Waals surface area contributed by atoms with E-state index in [0.717, 1.165) is 69.6 Å². The van der Waals surface area contributed by atoms with Gasteiger partial charge in [0.15, 0.2) is 6.10 Å². The van der Waals surface area contributed by atoms with Crippen LogP contribution in [0.4, 0.5) is 0 Å². The van der Waals surface area contributed by atoms with Crippen molar-refractivity contribution in [2.24, 2.45) is 11.8 Å². The molecule has 0 radical (unpaired) electrons. The van der Waals surface area contributed by atoms with Crippen LogP contribution in [0, 0.1) is 11.8 Å². The van der Waals surface area contributed by atoms with Crippen LogP contribution in [0.1, 0.15) is 247 Å². The van der Waals surface area contributed by atoms with E-state index in [0.29, 0.717) is 19.3 Å². The summed E-state index contributed by atoms with van der Waals surface area (Å²) in [5, 5.41) is 0. The first-order chi connectivity index (χ1) is 25.2. The molecule has 0 unspecified atom stereocenters. The van der Waals surface area contributed by atoms with Crippen LogP contribution in [-0.2, 0) is 28.6 Å². The molecule has 0 aliphatic carbocycles. The normalized spacial score (nSPS) is 12.1. The summed E-state index contributed by atoms with van der Waals surface area (Å²) in [6, 6.07) is 0. The van der Waals surface area contributed by atoms with E-state index in [4.69, 9.17) is 14.2 Å². The number of hydrogen-bond donors (Lipinski definition) is 0. The summed E-state index contributed by atoms with van der Waals surface area (Å²) >= 11 is 0. The van der Waals surface area contributed by atoms with Gasteiger partial charge in [-0.05, 0) is 31.1 Å². The first kappa shape index (κ1) is 50.4. The second-order valence-electron chi connectivity index (χ2n) is 16.6. The third-order valence-electron chi connectivity index (χ3n) is 10.2. The van der Waals surface area contributed by atoms with Gasteiger partial charge in [0.2, 0.25) is 0 Å². The summed E-state index contributed by atoms with van der Waals surface area (Å²) in [4.78, 5) is 37.7. The smallest absolute Gasteiger partial charge is 0.306 e. The Morgan fingerprint density at radius 3 is 0.942 bits per heavy atom. The molecule has 0 saturated carbocycles. The minimum Gasteiger partial charge on any atom is -0.462 e. The van der Waals surface area contributed by atoms with E-state index >= 15 is 0 Å². The van der Waals surface area contributed by atoms with Crippen LogP contribution in [0.2, 0.25) is 0 Å². The van der Waals surface area contributed by atoms with Gasteiger partial charge in [0, 0.05) is 19.3 Å². The monoisotopic (exact) mass is 737 g/mol. The maximum atomic E-state index is 12.7. The van der Waals surface area contributed by atoms with Gasteiger partial charge in [-0.3, -0.25) is 14.4 Å². The van der Waals surface area contributed by atoms with Gasteiger partial charge in [0.05, 0.1) is 0 Å². The number of unbranched alkanes of at least 4 members (excludes halogenated alkanes) is 25.